The minimum atomic E-state index is -0.278. The number of anilines is 1. The summed E-state index contributed by atoms with van der Waals surface area (Å²) in [7, 11) is 1.68. The van der Waals surface area contributed by atoms with E-state index >= 15 is 0 Å². The number of fused-ring (bicyclic) bond motifs is 1. The van der Waals surface area contributed by atoms with Gasteiger partial charge >= 0.3 is 0 Å². The molecule has 0 aliphatic rings. The molecule has 2 N–H and O–H groups in total. The van der Waals surface area contributed by atoms with Gasteiger partial charge in [-0.3, -0.25) is 9.78 Å². The second kappa shape index (κ2) is 3.30. The van der Waals surface area contributed by atoms with E-state index in [0.29, 0.717) is 11.6 Å². The molecule has 2 heterocycles. The van der Waals surface area contributed by atoms with Crippen LogP contribution in [-0.4, -0.2) is 27.0 Å². The molecule has 2 aromatic heterocycles. The van der Waals surface area contributed by atoms with Gasteiger partial charge in [0.15, 0.2) is 11.2 Å². The highest BCUT2D eigenvalue weighted by atomic mass is 16.1. The number of aryl methyl sites for hydroxylation is 2. The molecule has 0 atom stereocenters. The lowest BCUT2D eigenvalue weighted by molar-refractivity contribution is 1.04. The first-order valence-corrected chi connectivity index (χ1v) is 4.55. The lowest BCUT2D eigenvalue weighted by Gasteiger charge is -2.02. The fourth-order valence-corrected chi connectivity index (χ4v) is 1.24. The molecule has 6 heteroatoms. The summed E-state index contributed by atoms with van der Waals surface area (Å²) in [6.45, 7) is 3.65. The molecule has 78 valence electrons. The molecule has 0 aliphatic carbocycles. The van der Waals surface area contributed by atoms with Crippen LogP contribution in [-0.2, 0) is 0 Å². The maximum Gasteiger partial charge on any atom is 0.280 e. The van der Waals surface area contributed by atoms with Crippen LogP contribution in [0.3, 0.4) is 0 Å². The van der Waals surface area contributed by atoms with E-state index in [1.54, 1.807) is 7.05 Å². The molecule has 0 saturated carbocycles. The predicted octanol–water partition coefficient (Wildman–Crippen LogP) is 0.372. The smallest absolute Gasteiger partial charge is 0.280 e. The fraction of sp³-hybridized carbons (Fsp3) is 0.333. The van der Waals surface area contributed by atoms with Gasteiger partial charge < -0.3 is 5.32 Å². The number of aromatic amines is 1. The van der Waals surface area contributed by atoms with E-state index < -0.39 is 0 Å². The van der Waals surface area contributed by atoms with Gasteiger partial charge in [-0.2, -0.15) is 4.98 Å². The summed E-state index contributed by atoms with van der Waals surface area (Å²) < 4.78 is 0. The van der Waals surface area contributed by atoms with Crippen molar-refractivity contribution < 1.29 is 0 Å². The summed E-state index contributed by atoms with van der Waals surface area (Å²) in [6.07, 6.45) is 0. The quantitative estimate of drug-likeness (QED) is 0.702. The zero-order valence-corrected chi connectivity index (χ0v) is 8.75. The number of hydrogen-bond donors (Lipinski definition) is 2. The van der Waals surface area contributed by atoms with E-state index in [9.17, 15) is 4.79 Å². The summed E-state index contributed by atoms with van der Waals surface area (Å²) in [4.78, 5) is 26.6. The molecular weight excluding hydrogens is 194 g/mol. The van der Waals surface area contributed by atoms with Crippen LogP contribution < -0.4 is 10.9 Å². The van der Waals surface area contributed by atoms with Gasteiger partial charge in [0.1, 0.15) is 0 Å². The average molecular weight is 205 g/mol. The van der Waals surface area contributed by atoms with Crippen LogP contribution in [0.5, 0.6) is 0 Å². The highest BCUT2D eigenvalue weighted by molar-refractivity contribution is 5.69. The van der Waals surface area contributed by atoms with Gasteiger partial charge in [0.05, 0.1) is 11.4 Å². The summed E-state index contributed by atoms with van der Waals surface area (Å²) in [5.74, 6) is 0.394. The van der Waals surface area contributed by atoms with E-state index in [2.05, 4.69) is 25.3 Å². The van der Waals surface area contributed by atoms with Gasteiger partial charge in [0, 0.05) is 7.05 Å². The molecule has 0 spiro atoms. The zero-order chi connectivity index (χ0) is 11.0. The first kappa shape index (κ1) is 9.57. The molecule has 2 rings (SSSR count). The van der Waals surface area contributed by atoms with Crippen LogP contribution >= 0.6 is 0 Å². The molecule has 0 unspecified atom stereocenters. The van der Waals surface area contributed by atoms with Crippen molar-refractivity contribution in [3.8, 4) is 0 Å². The molecule has 2 aromatic rings. The molecule has 15 heavy (non-hydrogen) atoms. The topological polar surface area (TPSA) is 83.6 Å². The number of H-pyrrole nitrogens is 1. The van der Waals surface area contributed by atoms with E-state index in [1.807, 2.05) is 13.8 Å². The lowest BCUT2D eigenvalue weighted by atomic mass is 10.3. The van der Waals surface area contributed by atoms with Crippen molar-refractivity contribution in [2.45, 2.75) is 13.8 Å². The molecule has 0 aromatic carbocycles. The van der Waals surface area contributed by atoms with Gasteiger partial charge in [-0.15, -0.1) is 0 Å². The van der Waals surface area contributed by atoms with Crippen LogP contribution in [0.2, 0.25) is 0 Å². The van der Waals surface area contributed by atoms with Crippen molar-refractivity contribution in [3.05, 3.63) is 21.7 Å². The Hall–Kier alpha value is -1.98. The molecule has 6 nitrogen and oxygen atoms in total. The van der Waals surface area contributed by atoms with Gasteiger partial charge in [0.2, 0.25) is 5.95 Å². The molecular formula is C9H11N5O. The SMILES string of the molecule is CNc1nc2nc(C)c(C)nc2c(=O)[nH]1. The third-order valence-electron chi connectivity index (χ3n) is 2.19. The van der Waals surface area contributed by atoms with E-state index in [0.717, 1.165) is 11.4 Å². The van der Waals surface area contributed by atoms with Crippen LogP contribution in [0.4, 0.5) is 5.95 Å². The maximum absolute atomic E-state index is 11.6. The van der Waals surface area contributed by atoms with Gasteiger partial charge in [0.25, 0.3) is 5.56 Å². The normalized spacial score (nSPS) is 10.6. The minimum absolute atomic E-state index is 0.275. The summed E-state index contributed by atoms with van der Waals surface area (Å²) in [5.41, 5.74) is 1.89. The van der Waals surface area contributed by atoms with Crippen molar-refractivity contribution in [2.75, 3.05) is 12.4 Å². The van der Waals surface area contributed by atoms with Crippen molar-refractivity contribution in [1.29, 1.82) is 0 Å². The lowest BCUT2D eigenvalue weighted by Crippen LogP contribution is -2.14. The molecule has 0 amide bonds. The van der Waals surface area contributed by atoms with Crippen molar-refractivity contribution in [3.63, 3.8) is 0 Å². The third kappa shape index (κ3) is 1.54. The predicted molar refractivity (Wildman–Crippen MR) is 57.0 cm³/mol. The zero-order valence-electron chi connectivity index (χ0n) is 8.75. The van der Waals surface area contributed by atoms with Crippen LogP contribution in [0.15, 0.2) is 4.79 Å². The summed E-state index contributed by atoms with van der Waals surface area (Å²) in [5, 5.41) is 2.76. The Morgan fingerprint density at radius 3 is 2.47 bits per heavy atom. The Labute approximate surface area is 85.8 Å². The monoisotopic (exact) mass is 205 g/mol. The summed E-state index contributed by atoms with van der Waals surface area (Å²) in [6, 6.07) is 0. The van der Waals surface area contributed by atoms with Gasteiger partial charge in [-0.25, -0.2) is 9.97 Å². The number of hydrogen-bond acceptors (Lipinski definition) is 5. The van der Waals surface area contributed by atoms with E-state index in [-0.39, 0.29) is 11.1 Å². The number of rotatable bonds is 1. The maximum atomic E-state index is 11.6. The molecule has 0 bridgehead atoms. The van der Waals surface area contributed by atoms with Gasteiger partial charge in [-0.1, -0.05) is 0 Å². The highest BCUT2D eigenvalue weighted by Gasteiger charge is 2.07. The van der Waals surface area contributed by atoms with E-state index in [4.69, 9.17) is 0 Å². The van der Waals surface area contributed by atoms with Crippen LogP contribution in [0.25, 0.3) is 11.2 Å². The van der Waals surface area contributed by atoms with Crippen LogP contribution in [0, 0.1) is 13.8 Å². The van der Waals surface area contributed by atoms with Crippen molar-refractivity contribution >= 4 is 17.1 Å². The van der Waals surface area contributed by atoms with Gasteiger partial charge in [-0.05, 0) is 13.8 Å². The molecule has 0 fully saturated rings. The molecule has 0 aliphatic heterocycles. The Bertz CT molecular complexity index is 574. The van der Waals surface area contributed by atoms with Crippen molar-refractivity contribution in [1.82, 2.24) is 19.9 Å². The first-order chi connectivity index (χ1) is 7.11. The molecule has 0 saturated heterocycles. The molecule has 0 radical (unpaired) electrons. The Morgan fingerprint density at radius 2 is 1.80 bits per heavy atom. The highest BCUT2D eigenvalue weighted by Crippen LogP contribution is 2.07. The standard InChI is InChI=1S/C9H11N5O/c1-4-5(2)12-7-6(11-4)8(15)14-9(10-3)13-7/h1-3H3,(H2,10,12,13,14,15). The Morgan fingerprint density at radius 1 is 1.13 bits per heavy atom. The second-order valence-electron chi connectivity index (χ2n) is 3.23. The number of aromatic nitrogens is 4. The van der Waals surface area contributed by atoms with Crippen molar-refractivity contribution in [2.24, 2.45) is 0 Å². The average Bonchev–Trinajstić information content (AvgIpc) is 2.21. The van der Waals surface area contributed by atoms with Crippen LogP contribution in [0.1, 0.15) is 11.4 Å². The third-order valence-corrected chi connectivity index (χ3v) is 2.19. The minimum Gasteiger partial charge on any atom is -0.359 e. The first-order valence-electron chi connectivity index (χ1n) is 4.55. The summed E-state index contributed by atoms with van der Waals surface area (Å²) >= 11 is 0. The fourth-order valence-electron chi connectivity index (χ4n) is 1.24. The second-order valence-corrected chi connectivity index (χ2v) is 3.23. The largest absolute Gasteiger partial charge is 0.359 e. The van der Waals surface area contributed by atoms with E-state index in [1.165, 1.54) is 0 Å². The number of nitrogens with zero attached hydrogens (tertiary/aromatic N) is 3. The Balaban J connectivity index is 2.86. The Kier molecular flexibility index (Phi) is 2.11. The number of nitrogens with one attached hydrogen (secondary N) is 2.